The number of para-hydroxylation sites is 1. The molecule has 5 nitrogen and oxygen atoms in total. The number of fused-ring (bicyclic) bond motifs is 5. The number of rotatable bonds is 6. The summed E-state index contributed by atoms with van der Waals surface area (Å²) in [5.41, 5.74) is 6.07. The first kappa shape index (κ1) is 21.3. The van der Waals surface area contributed by atoms with Crippen LogP contribution in [0.2, 0.25) is 0 Å². The van der Waals surface area contributed by atoms with Crippen molar-refractivity contribution in [3.8, 4) is 0 Å². The molecule has 1 aliphatic rings. The molecule has 4 aromatic rings. The van der Waals surface area contributed by atoms with Crippen LogP contribution in [0.15, 0.2) is 41.7 Å². The first-order valence-corrected chi connectivity index (χ1v) is 13.0. The molecule has 0 spiro atoms. The molecule has 1 aromatic carbocycles. The summed E-state index contributed by atoms with van der Waals surface area (Å²) in [7, 11) is 1.82. The molecule has 3 aromatic heterocycles. The molecule has 1 amide bonds. The molecule has 0 bridgehead atoms. The van der Waals surface area contributed by atoms with Gasteiger partial charge in [-0.1, -0.05) is 43.3 Å². The topological polar surface area (TPSA) is 59.0 Å². The summed E-state index contributed by atoms with van der Waals surface area (Å²) in [5, 5.41) is 2.09. The Labute approximate surface area is 196 Å². The molecule has 1 aliphatic carbocycles. The number of thioether (sulfide) groups is 1. The zero-order valence-electron chi connectivity index (χ0n) is 18.4. The van der Waals surface area contributed by atoms with E-state index in [0.29, 0.717) is 5.75 Å². The maximum absolute atomic E-state index is 12.8. The highest BCUT2D eigenvalue weighted by atomic mass is 32.2. The lowest BCUT2D eigenvalue weighted by atomic mass is 9.88. The number of carbonyl (C=O) groups is 1. The number of nitrogens with zero attached hydrogens (tertiary/aromatic N) is 4. The molecule has 0 fully saturated rings. The summed E-state index contributed by atoms with van der Waals surface area (Å²) < 4.78 is 1.05. The van der Waals surface area contributed by atoms with Crippen molar-refractivity contribution in [2.45, 2.75) is 50.5 Å². The highest BCUT2D eigenvalue weighted by Gasteiger charge is 2.23. The number of anilines is 1. The molecule has 0 aliphatic heterocycles. The highest BCUT2D eigenvalue weighted by molar-refractivity contribution is 8.00. The van der Waals surface area contributed by atoms with Crippen LogP contribution < -0.4 is 4.90 Å². The van der Waals surface area contributed by atoms with Gasteiger partial charge in [-0.2, -0.15) is 0 Å². The molecule has 0 saturated carbocycles. The molecule has 0 atom stereocenters. The van der Waals surface area contributed by atoms with Gasteiger partial charge in [-0.25, -0.2) is 15.0 Å². The molecule has 0 N–H and O–H groups in total. The van der Waals surface area contributed by atoms with Gasteiger partial charge in [-0.05, 0) is 55.4 Å². The molecule has 3 heterocycles. The zero-order valence-corrected chi connectivity index (χ0v) is 20.1. The lowest BCUT2D eigenvalue weighted by Gasteiger charge is -2.19. The molecule has 164 valence electrons. The van der Waals surface area contributed by atoms with Crippen LogP contribution in [-0.2, 0) is 24.1 Å². The van der Waals surface area contributed by atoms with E-state index in [1.807, 2.05) is 37.4 Å². The Balaban J connectivity index is 1.50. The van der Waals surface area contributed by atoms with E-state index in [2.05, 4.69) is 16.9 Å². The monoisotopic (exact) mass is 462 g/mol. The van der Waals surface area contributed by atoms with Crippen molar-refractivity contribution >= 4 is 55.1 Å². The van der Waals surface area contributed by atoms with Crippen LogP contribution in [0.4, 0.5) is 5.69 Å². The second kappa shape index (κ2) is 9.16. The Morgan fingerprint density at radius 3 is 2.69 bits per heavy atom. The van der Waals surface area contributed by atoms with Crippen LogP contribution in [-0.4, -0.2) is 33.7 Å². The summed E-state index contributed by atoms with van der Waals surface area (Å²) in [5.74, 6) is 0.382. The molecule has 0 radical (unpaired) electrons. The summed E-state index contributed by atoms with van der Waals surface area (Å²) in [6.45, 7) is 2.22. The predicted octanol–water partition coefficient (Wildman–Crippen LogP) is 5.83. The Morgan fingerprint density at radius 2 is 1.91 bits per heavy atom. The summed E-state index contributed by atoms with van der Waals surface area (Å²) >= 11 is 3.16. The van der Waals surface area contributed by atoms with Gasteiger partial charge in [0.25, 0.3) is 0 Å². The van der Waals surface area contributed by atoms with E-state index in [-0.39, 0.29) is 5.91 Å². The van der Waals surface area contributed by atoms with E-state index in [9.17, 15) is 4.79 Å². The van der Waals surface area contributed by atoms with Crippen molar-refractivity contribution in [1.29, 1.82) is 0 Å². The second-order valence-corrected chi connectivity index (χ2v) is 10.2. The normalized spacial score (nSPS) is 13.4. The van der Waals surface area contributed by atoms with E-state index in [0.717, 1.165) is 51.4 Å². The number of pyridine rings is 1. The fourth-order valence-corrected chi connectivity index (χ4v) is 6.65. The number of aryl methyl sites for hydroxylation is 2. The third-order valence-electron chi connectivity index (χ3n) is 6.11. The smallest absolute Gasteiger partial charge is 0.237 e. The van der Waals surface area contributed by atoms with E-state index >= 15 is 0 Å². The third-order valence-corrected chi connectivity index (χ3v) is 8.29. The highest BCUT2D eigenvalue weighted by Crippen LogP contribution is 2.41. The maximum atomic E-state index is 12.8. The fourth-order valence-electron chi connectivity index (χ4n) is 4.49. The molecule has 7 heteroatoms. The van der Waals surface area contributed by atoms with Gasteiger partial charge < -0.3 is 4.90 Å². The third kappa shape index (κ3) is 3.88. The van der Waals surface area contributed by atoms with Crippen molar-refractivity contribution < 1.29 is 4.79 Å². The van der Waals surface area contributed by atoms with Crippen LogP contribution in [0.25, 0.3) is 20.4 Å². The van der Waals surface area contributed by atoms with Gasteiger partial charge in [0, 0.05) is 23.8 Å². The quantitative estimate of drug-likeness (QED) is 0.267. The minimum absolute atomic E-state index is 0.0507. The number of hydrogen-bond acceptors (Lipinski definition) is 6. The van der Waals surface area contributed by atoms with E-state index < -0.39 is 0 Å². The zero-order chi connectivity index (χ0) is 22.1. The Bertz CT molecular complexity index is 1290. The number of amides is 1. The largest absolute Gasteiger partial charge is 0.315 e. The number of benzene rings is 1. The molecule has 5 rings (SSSR count). The average molecular weight is 463 g/mol. The average Bonchev–Trinajstić information content (AvgIpc) is 3.22. The van der Waals surface area contributed by atoms with Crippen LogP contribution in [0.1, 0.15) is 43.0 Å². The van der Waals surface area contributed by atoms with Crippen LogP contribution >= 0.6 is 23.1 Å². The van der Waals surface area contributed by atoms with Crippen molar-refractivity contribution in [3.05, 3.63) is 53.5 Å². The first-order valence-electron chi connectivity index (χ1n) is 11.2. The standard InChI is InChI=1S/C25H26N4OS2/c1-3-9-19-17-12-7-8-13-18(17)21-22-23(32-24(21)28-19)25(27-15-26-22)31-14-20(30)29(2)16-10-5-4-6-11-16/h4-6,10-11,15H,3,7-9,12-14H2,1-2H3. The SMILES string of the molecule is CCCc1nc2sc3c(SCC(=O)N(C)c4ccccc4)ncnc3c2c2c1CCCC2. The van der Waals surface area contributed by atoms with Crippen LogP contribution in [0.3, 0.4) is 0 Å². The van der Waals surface area contributed by atoms with Crippen molar-refractivity contribution in [1.82, 2.24) is 15.0 Å². The molecule has 32 heavy (non-hydrogen) atoms. The van der Waals surface area contributed by atoms with Gasteiger partial charge in [-0.3, -0.25) is 4.79 Å². The van der Waals surface area contributed by atoms with Crippen LogP contribution in [0.5, 0.6) is 0 Å². The fraction of sp³-hybridized carbons (Fsp3) is 0.360. The summed E-state index contributed by atoms with van der Waals surface area (Å²) in [6, 6.07) is 9.73. The molecular formula is C25H26N4OS2. The molecule has 0 unspecified atom stereocenters. The molecular weight excluding hydrogens is 436 g/mol. The van der Waals surface area contributed by atoms with Gasteiger partial charge in [0.2, 0.25) is 5.91 Å². The van der Waals surface area contributed by atoms with Crippen LogP contribution in [0, 0.1) is 0 Å². The van der Waals surface area contributed by atoms with Gasteiger partial charge in [-0.15, -0.1) is 11.3 Å². The predicted molar refractivity (Wildman–Crippen MR) is 134 cm³/mol. The van der Waals surface area contributed by atoms with E-state index in [4.69, 9.17) is 4.98 Å². The van der Waals surface area contributed by atoms with Gasteiger partial charge in [0.1, 0.15) is 16.2 Å². The van der Waals surface area contributed by atoms with Crippen molar-refractivity contribution in [3.63, 3.8) is 0 Å². The summed E-state index contributed by atoms with van der Waals surface area (Å²) in [6.07, 6.45) is 8.46. The van der Waals surface area contributed by atoms with Crippen molar-refractivity contribution in [2.75, 3.05) is 17.7 Å². The lowest BCUT2D eigenvalue weighted by molar-refractivity contribution is -0.115. The number of carbonyl (C=O) groups excluding carboxylic acids is 1. The Hall–Kier alpha value is -2.51. The van der Waals surface area contributed by atoms with E-state index in [1.54, 1.807) is 22.6 Å². The minimum atomic E-state index is 0.0507. The maximum Gasteiger partial charge on any atom is 0.237 e. The number of thiophene rings is 1. The van der Waals surface area contributed by atoms with Crippen molar-refractivity contribution in [2.24, 2.45) is 0 Å². The van der Waals surface area contributed by atoms with E-state index in [1.165, 1.54) is 46.8 Å². The Morgan fingerprint density at radius 1 is 1.12 bits per heavy atom. The lowest BCUT2D eigenvalue weighted by Crippen LogP contribution is -2.27. The van der Waals surface area contributed by atoms with Gasteiger partial charge in [0.15, 0.2) is 0 Å². The second-order valence-electron chi connectivity index (χ2n) is 8.19. The number of aromatic nitrogens is 3. The first-order chi connectivity index (χ1) is 15.7. The number of hydrogen-bond donors (Lipinski definition) is 0. The summed E-state index contributed by atoms with van der Waals surface area (Å²) in [4.78, 5) is 29.9. The van der Waals surface area contributed by atoms with Gasteiger partial charge in [0.05, 0.1) is 16.0 Å². The minimum Gasteiger partial charge on any atom is -0.315 e. The molecule has 0 saturated heterocycles. The van der Waals surface area contributed by atoms with Gasteiger partial charge >= 0.3 is 0 Å². The Kier molecular flexibility index (Phi) is 6.11.